The SMILES string of the molecule is CCNC(=NCCNC(=O)C1CC1)N1CCN(Cc2cc(OC)ccc2OC)CC1.I. The third-order valence-electron chi connectivity index (χ3n) is 5.51. The van der Waals surface area contributed by atoms with Gasteiger partial charge in [0.2, 0.25) is 5.91 Å². The Kier molecular flexibility index (Phi) is 10.7. The first-order valence-corrected chi connectivity index (χ1v) is 10.9. The van der Waals surface area contributed by atoms with E-state index in [0.717, 1.165) is 75.1 Å². The number of carbonyl (C=O) groups is 1. The fourth-order valence-electron chi connectivity index (χ4n) is 3.62. The summed E-state index contributed by atoms with van der Waals surface area (Å²) in [5.41, 5.74) is 1.14. The van der Waals surface area contributed by atoms with Crippen LogP contribution in [0, 0.1) is 5.92 Å². The Morgan fingerprint density at radius 3 is 2.48 bits per heavy atom. The van der Waals surface area contributed by atoms with E-state index in [9.17, 15) is 4.79 Å². The third kappa shape index (κ3) is 7.71. The molecule has 2 fully saturated rings. The molecule has 0 atom stereocenters. The fraction of sp³-hybridized carbons (Fsp3) is 0.636. The zero-order valence-electron chi connectivity index (χ0n) is 18.9. The summed E-state index contributed by atoms with van der Waals surface area (Å²) in [7, 11) is 3.39. The van der Waals surface area contributed by atoms with Crippen LogP contribution in [-0.4, -0.2) is 81.7 Å². The van der Waals surface area contributed by atoms with Crippen LogP contribution in [0.25, 0.3) is 0 Å². The van der Waals surface area contributed by atoms with Gasteiger partial charge in [0, 0.05) is 57.3 Å². The lowest BCUT2D eigenvalue weighted by Gasteiger charge is -2.36. The van der Waals surface area contributed by atoms with Crippen LogP contribution in [0.4, 0.5) is 0 Å². The molecule has 1 aromatic carbocycles. The highest BCUT2D eigenvalue weighted by atomic mass is 127. The van der Waals surface area contributed by atoms with Crippen molar-refractivity contribution in [1.82, 2.24) is 20.4 Å². The topological polar surface area (TPSA) is 78.4 Å². The summed E-state index contributed by atoms with van der Waals surface area (Å²) in [4.78, 5) is 21.2. The summed E-state index contributed by atoms with van der Waals surface area (Å²) in [6.07, 6.45) is 2.06. The van der Waals surface area contributed by atoms with Crippen LogP contribution in [0.1, 0.15) is 25.3 Å². The molecule has 0 spiro atoms. The quantitative estimate of drug-likeness (QED) is 0.214. The van der Waals surface area contributed by atoms with Crippen LogP contribution in [0.15, 0.2) is 23.2 Å². The highest BCUT2D eigenvalue weighted by Gasteiger charge is 2.29. The van der Waals surface area contributed by atoms with Crippen LogP contribution in [0.5, 0.6) is 11.5 Å². The molecule has 1 saturated carbocycles. The highest BCUT2D eigenvalue weighted by Crippen LogP contribution is 2.28. The second-order valence-corrected chi connectivity index (χ2v) is 7.74. The van der Waals surface area contributed by atoms with Gasteiger partial charge in [-0.2, -0.15) is 0 Å². The number of amides is 1. The number of rotatable bonds is 9. The summed E-state index contributed by atoms with van der Waals surface area (Å²) < 4.78 is 10.9. The molecule has 2 N–H and O–H groups in total. The van der Waals surface area contributed by atoms with Gasteiger partial charge in [-0.15, -0.1) is 24.0 Å². The van der Waals surface area contributed by atoms with E-state index >= 15 is 0 Å². The molecule has 1 heterocycles. The number of nitrogens with one attached hydrogen (secondary N) is 2. The molecule has 31 heavy (non-hydrogen) atoms. The number of halogens is 1. The maximum atomic E-state index is 11.7. The minimum atomic E-state index is 0. The number of hydrogen-bond acceptors (Lipinski definition) is 5. The van der Waals surface area contributed by atoms with Gasteiger partial charge in [0.25, 0.3) is 0 Å². The summed E-state index contributed by atoms with van der Waals surface area (Å²) >= 11 is 0. The predicted octanol–water partition coefficient (Wildman–Crippen LogP) is 1.93. The van der Waals surface area contributed by atoms with Gasteiger partial charge in [0.1, 0.15) is 11.5 Å². The van der Waals surface area contributed by atoms with Gasteiger partial charge < -0.3 is 25.0 Å². The minimum Gasteiger partial charge on any atom is -0.497 e. The first-order chi connectivity index (χ1) is 14.6. The van der Waals surface area contributed by atoms with Crippen molar-refractivity contribution in [1.29, 1.82) is 0 Å². The number of aliphatic imine (C=N–C) groups is 1. The number of ether oxygens (including phenoxy) is 2. The van der Waals surface area contributed by atoms with Crippen molar-refractivity contribution >= 4 is 35.8 Å². The Balaban J connectivity index is 0.00000341. The van der Waals surface area contributed by atoms with Crippen molar-refractivity contribution in [3.63, 3.8) is 0 Å². The average molecular weight is 545 g/mol. The van der Waals surface area contributed by atoms with Gasteiger partial charge in [-0.25, -0.2) is 0 Å². The first-order valence-electron chi connectivity index (χ1n) is 10.9. The van der Waals surface area contributed by atoms with Gasteiger partial charge in [0.15, 0.2) is 5.96 Å². The van der Waals surface area contributed by atoms with Crippen molar-refractivity contribution in [3.8, 4) is 11.5 Å². The molecule has 0 radical (unpaired) electrons. The summed E-state index contributed by atoms with van der Waals surface area (Å²) in [6.45, 7) is 8.65. The second-order valence-electron chi connectivity index (χ2n) is 7.74. The first kappa shape index (κ1) is 25.5. The van der Waals surface area contributed by atoms with Crippen molar-refractivity contribution in [2.45, 2.75) is 26.3 Å². The normalized spacial score (nSPS) is 17.0. The lowest BCUT2D eigenvalue weighted by atomic mass is 10.1. The molecule has 0 unspecified atom stereocenters. The lowest BCUT2D eigenvalue weighted by molar-refractivity contribution is -0.122. The standard InChI is InChI=1S/C22H35N5O3.HI/c1-4-23-22(25-10-9-24-21(28)17-5-6-17)27-13-11-26(12-14-27)16-18-15-19(29-2)7-8-20(18)30-3;/h7-8,15,17H,4-6,9-14,16H2,1-3H3,(H,23,25)(H,24,28);1H. The number of carbonyl (C=O) groups excluding carboxylic acids is 1. The molecule has 8 nitrogen and oxygen atoms in total. The molecule has 0 bridgehead atoms. The average Bonchev–Trinajstić information content (AvgIpc) is 3.62. The van der Waals surface area contributed by atoms with E-state index in [1.165, 1.54) is 0 Å². The number of piperazine rings is 1. The largest absolute Gasteiger partial charge is 0.497 e. The zero-order chi connectivity index (χ0) is 21.3. The van der Waals surface area contributed by atoms with Gasteiger partial charge in [-0.1, -0.05) is 0 Å². The Morgan fingerprint density at radius 1 is 1.13 bits per heavy atom. The number of hydrogen-bond donors (Lipinski definition) is 2. The van der Waals surface area contributed by atoms with Crippen molar-refractivity contribution in [2.24, 2.45) is 10.9 Å². The van der Waals surface area contributed by atoms with Crippen LogP contribution < -0.4 is 20.1 Å². The van der Waals surface area contributed by atoms with E-state index in [0.29, 0.717) is 13.1 Å². The van der Waals surface area contributed by atoms with Gasteiger partial charge in [-0.05, 0) is 38.0 Å². The van der Waals surface area contributed by atoms with E-state index in [1.807, 2.05) is 18.2 Å². The molecule has 9 heteroatoms. The monoisotopic (exact) mass is 545 g/mol. The number of nitrogens with zero attached hydrogens (tertiary/aromatic N) is 3. The molecule has 2 aliphatic rings. The lowest BCUT2D eigenvalue weighted by Crippen LogP contribution is -2.52. The maximum Gasteiger partial charge on any atom is 0.223 e. The third-order valence-corrected chi connectivity index (χ3v) is 5.51. The second kappa shape index (κ2) is 12.9. The summed E-state index contributed by atoms with van der Waals surface area (Å²) in [5.74, 6) is 3.09. The molecule has 0 aromatic heterocycles. The van der Waals surface area contributed by atoms with Crippen LogP contribution in [0.2, 0.25) is 0 Å². The Labute approximate surface area is 202 Å². The molecule has 1 saturated heterocycles. The van der Waals surface area contributed by atoms with E-state index in [1.54, 1.807) is 14.2 Å². The molecule has 3 rings (SSSR count). The number of guanidine groups is 1. The van der Waals surface area contributed by atoms with E-state index in [-0.39, 0.29) is 35.8 Å². The van der Waals surface area contributed by atoms with E-state index in [2.05, 4.69) is 27.4 Å². The van der Waals surface area contributed by atoms with Gasteiger partial charge >= 0.3 is 0 Å². The molecule has 174 valence electrons. The van der Waals surface area contributed by atoms with Crippen LogP contribution in [-0.2, 0) is 11.3 Å². The van der Waals surface area contributed by atoms with Crippen molar-refractivity contribution in [2.75, 3.05) is 60.0 Å². The van der Waals surface area contributed by atoms with Crippen molar-refractivity contribution in [3.05, 3.63) is 23.8 Å². The van der Waals surface area contributed by atoms with E-state index in [4.69, 9.17) is 14.5 Å². The minimum absolute atomic E-state index is 0. The molecule has 1 amide bonds. The van der Waals surface area contributed by atoms with Crippen LogP contribution in [0.3, 0.4) is 0 Å². The van der Waals surface area contributed by atoms with E-state index < -0.39 is 0 Å². The zero-order valence-corrected chi connectivity index (χ0v) is 21.2. The maximum absolute atomic E-state index is 11.7. The smallest absolute Gasteiger partial charge is 0.223 e. The highest BCUT2D eigenvalue weighted by molar-refractivity contribution is 14.0. The summed E-state index contributed by atoms with van der Waals surface area (Å²) in [6, 6.07) is 5.93. The summed E-state index contributed by atoms with van der Waals surface area (Å²) in [5, 5.41) is 6.36. The predicted molar refractivity (Wildman–Crippen MR) is 134 cm³/mol. The van der Waals surface area contributed by atoms with Crippen LogP contribution >= 0.6 is 24.0 Å². The molecule has 1 aliphatic heterocycles. The molecule has 1 aliphatic carbocycles. The van der Waals surface area contributed by atoms with Crippen molar-refractivity contribution < 1.29 is 14.3 Å². The number of benzene rings is 1. The van der Waals surface area contributed by atoms with Gasteiger partial charge in [-0.3, -0.25) is 14.7 Å². The Bertz CT molecular complexity index is 734. The molecular formula is C22H36IN5O3. The molecule has 1 aromatic rings. The Hall–Kier alpha value is -1.75. The van der Waals surface area contributed by atoms with Gasteiger partial charge in [0.05, 0.1) is 20.8 Å². The Morgan fingerprint density at radius 2 is 1.87 bits per heavy atom. The number of methoxy groups -OCH3 is 2. The molecular weight excluding hydrogens is 509 g/mol. The fourth-order valence-corrected chi connectivity index (χ4v) is 3.62.